The van der Waals surface area contributed by atoms with Gasteiger partial charge in [0.2, 0.25) is 0 Å². The van der Waals surface area contributed by atoms with Crippen molar-refractivity contribution in [3.63, 3.8) is 0 Å². The van der Waals surface area contributed by atoms with Crippen molar-refractivity contribution in [3.05, 3.63) is 102 Å². The molecule has 0 amide bonds. The van der Waals surface area contributed by atoms with Crippen molar-refractivity contribution in [1.82, 2.24) is 4.67 Å². The molecule has 184 valence electrons. The first-order chi connectivity index (χ1) is 16.9. The molecule has 6 heteroatoms. The van der Waals surface area contributed by atoms with Gasteiger partial charge in [0.25, 0.3) is 8.53 Å². The molecule has 0 saturated heterocycles. The quantitative estimate of drug-likeness (QED) is 0.152. The SMILES string of the molecule is COc1ccc(C(O[P@@](OCCC#N)N(C(C)C)C(C)C)(c2ccccc2)c2ccccc2)cc1. The molecule has 0 saturated carbocycles. The molecule has 3 rings (SSSR count). The molecule has 0 N–H and O–H groups in total. The molecule has 3 aromatic rings. The summed E-state index contributed by atoms with van der Waals surface area (Å²) in [4.78, 5) is 0. The Bertz CT molecular complexity index is 1020. The van der Waals surface area contributed by atoms with Gasteiger partial charge in [-0.1, -0.05) is 72.8 Å². The molecule has 0 radical (unpaired) electrons. The van der Waals surface area contributed by atoms with Gasteiger partial charge in [0.05, 0.1) is 26.2 Å². The fourth-order valence-electron chi connectivity index (χ4n) is 4.23. The summed E-state index contributed by atoms with van der Waals surface area (Å²) in [6.07, 6.45) is 0.304. The zero-order chi connectivity index (χ0) is 25.3. The maximum Gasteiger partial charge on any atom is 0.260 e. The third kappa shape index (κ3) is 6.28. The lowest BCUT2D eigenvalue weighted by molar-refractivity contribution is 0.102. The molecule has 1 atom stereocenters. The monoisotopic (exact) mass is 490 g/mol. The van der Waals surface area contributed by atoms with Gasteiger partial charge in [-0.15, -0.1) is 0 Å². The minimum absolute atomic E-state index is 0.184. The first kappa shape index (κ1) is 26.9. The van der Waals surface area contributed by atoms with E-state index in [-0.39, 0.29) is 12.1 Å². The third-order valence-electron chi connectivity index (χ3n) is 5.73. The Morgan fingerprint density at radius 2 is 1.29 bits per heavy atom. The summed E-state index contributed by atoms with van der Waals surface area (Å²) in [6, 6.07) is 31.1. The van der Waals surface area contributed by atoms with Crippen molar-refractivity contribution < 1.29 is 13.8 Å². The van der Waals surface area contributed by atoms with Gasteiger partial charge in [-0.2, -0.15) is 5.26 Å². The molecule has 0 fully saturated rings. The van der Waals surface area contributed by atoms with Crippen LogP contribution in [0.25, 0.3) is 0 Å². The molecule has 0 aliphatic heterocycles. The minimum Gasteiger partial charge on any atom is -0.497 e. The Kier molecular flexibility index (Phi) is 9.83. The van der Waals surface area contributed by atoms with E-state index in [1.54, 1.807) is 7.11 Å². The smallest absolute Gasteiger partial charge is 0.260 e. The second kappa shape index (κ2) is 12.8. The average Bonchev–Trinajstić information content (AvgIpc) is 2.88. The summed E-state index contributed by atoms with van der Waals surface area (Å²) in [6.45, 7) is 8.89. The molecular formula is C29H35N2O3P. The topological polar surface area (TPSA) is 54.7 Å². The number of ether oxygens (including phenoxy) is 1. The Balaban J connectivity index is 2.26. The molecule has 35 heavy (non-hydrogen) atoms. The van der Waals surface area contributed by atoms with Crippen LogP contribution in [0.3, 0.4) is 0 Å². The van der Waals surface area contributed by atoms with E-state index in [0.29, 0.717) is 13.0 Å². The summed E-state index contributed by atoms with van der Waals surface area (Å²) in [5, 5.41) is 9.16. The normalized spacial score (nSPS) is 12.7. The van der Waals surface area contributed by atoms with Crippen LogP contribution in [0.15, 0.2) is 84.9 Å². The number of methoxy groups -OCH3 is 1. The fourth-order valence-corrected chi connectivity index (χ4v) is 6.06. The van der Waals surface area contributed by atoms with Crippen LogP contribution >= 0.6 is 8.53 Å². The highest BCUT2D eigenvalue weighted by Gasteiger charge is 2.43. The van der Waals surface area contributed by atoms with Crippen molar-refractivity contribution in [3.8, 4) is 11.8 Å². The Morgan fingerprint density at radius 1 is 0.800 bits per heavy atom. The maximum absolute atomic E-state index is 9.16. The van der Waals surface area contributed by atoms with Crippen molar-refractivity contribution in [1.29, 1.82) is 5.26 Å². The van der Waals surface area contributed by atoms with Crippen LogP contribution in [-0.4, -0.2) is 30.5 Å². The second-order valence-electron chi connectivity index (χ2n) is 8.78. The standard InChI is InChI=1S/C29H35N2O3P/c1-23(2)31(24(3)4)35(33-22-12-21-30)34-29(25-13-8-6-9-14-25,26-15-10-7-11-16-26)27-17-19-28(32-5)20-18-27/h6-11,13-20,23-24H,12,22H2,1-5H3/t35-/m1/s1. The zero-order valence-corrected chi connectivity index (χ0v) is 22.1. The summed E-state index contributed by atoms with van der Waals surface area (Å²) in [7, 11) is 0.132. The molecule has 0 aromatic heterocycles. The highest BCUT2D eigenvalue weighted by Crippen LogP contribution is 2.55. The molecule has 0 heterocycles. The Labute approximate surface area is 211 Å². The van der Waals surface area contributed by atoms with Crippen LogP contribution in [0, 0.1) is 11.3 Å². The van der Waals surface area contributed by atoms with Crippen LogP contribution in [0.5, 0.6) is 5.75 Å². The van der Waals surface area contributed by atoms with Gasteiger partial charge < -0.3 is 13.8 Å². The van der Waals surface area contributed by atoms with Gasteiger partial charge >= 0.3 is 0 Å². The van der Waals surface area contributed by atoms with Gasteiger partial charge in [0.15, 0.2) is 5.60 Å². The van der Waals surface area contributed by atoms with Gasteiger partial charge in [0, 0.05) is 12.1 Å². The van der Waals surface area contributed by atoms with E-state index in [2.05, 4.69) is 74.8 Å². The molecule has 0 spiro atoms. The molecule has 0 aliphatic rings. The summed E-state index contributed by atoms with van der Waals surface area (Å²) >= 11 is 0. The Morgan fingerprint density at radius 3 is 1.71 bits per heavy atom. The van der Waals surface area contributed by atoms with Crippen LogP contribution in [-0.2, 0) is 14.6 Å². The second-order valence-corrected chi connectivity index (χ2v) is 10.2. The average molecular weight is 491 g/mol. The summed E-state index contributed by atoms with van der Waals surface area (Å²) in [5.41, 5.74) is 2.04. The van der Waals surface area contributed by atoms with E-state index in [9.17, 15) is 0 Å². The van der Waals surface area contributed by atoms with E-state index < -0.39 is 14.1 Å². The number of rotatable bonds is 12. The number of hydrogen-bond donors (Lipinski definition) is 0. The molecule has 0 unspecified atom stereocenters. The predicted octanol–water partition coefficient (Wildman–Crippen LogP) is 7.28. The third-order valence-corrected chi connectivity index (χ3v) is 7.87. The first-order valence-corrected chi connectivity index (χ1v) is 13.1. The highest BCUT2D eigenvalue weighted by molar-refractivity contribution is 7.44. The van der Waals surface area contributed by atoms with Crippen molar-refractivity contribution in [2.45, 2.75) is 51.8 Å². The van der Waals surface area contributed by atoms with Crippen LogP contribution in [0.4, 0.5) is 0 Å². The largest absolute Gasteiger partial charge is 0.497 e. The van der Waals surface area contributed by atoms with E-state index in [0.717, 1.165) is 22.4 Å². The van der Waals surface area contributed by atoms with Crippen molar-refractivity contribution in [2.75, 3.05) is 13.7 Å². The highest BCUT2D eigenvalue weighted by atomic mass is 31.2. The van der Waals surface area contributed by atoms with E-state index in [4.69, 9.17) is 19.0 Å². The minimum atomic E-state index is -1.53. The zero-order valence-electron chi connectivity index (χ0n) is 21.2. The molecule has 3 aromatic carbocycles. The van der Waals surface area contributed by atoms with Gasteiger partial charge in [-0.3, -0.25) is 0 Å². The van der Waals surface area contributed by atoms with Crippen LogP contribution in [0.1, 0.15) is 50.8 Å². The van der Waals surface area contributed by atoms with Crippen molar-refractivity contribution >= 4 is 8.53 Å². The van der Waals surface area contributed by atoms with Gasteiger partial charge in [-0.25, -0.2) is 4.67 Å². The van der Waals surface area contributed by atoms with Gasteiger partial charge in [-0.05, 0) is 56.5 Å². The Hall–Kier alpha value is -2.74. The summed E-state index contributed by atoms with van der Waals surface area (Å²) < 4.78 is 21.3. The summed E-state index contributed by atoms with van der Waals surface area (Å²) in [5.74, 6) is 0.780. The molecule has 0 bridgehead atoms. The molecular weight excluding hydrogens is 455 g/mol. The number of nitriles is 1. The van der Waals surface area contributed by atoms with Crippen LogP contribution in [0.2, 0.25) is 0 Å². The van der Waals surface area contributed by atoms with E-state index in [1.807, 2.05) is 48.5 Å². The molecule has 0 aliphatic carbocycles. The maximum atomic E-state index is 9.16. The number of hydrogen-bond acceptors (Lipinski definition) is 5. The van der Waals surface area contributed by atoms with E-state index in [1.165, 1.54) is 0 Å². The number of benzene rings is 3. The van der Waals surface area contributed by atoms with Crippen molar-refractivity contribution in [2.24, 2.45) is 0 Å². The van der Waals surface area contributed by atoms with Crippen LogP contribution < -0.4 is 4.74 Å². The predicted molar refractivity (Wildman–Crippen MR) is 142 cm³/mol. The lowest BCUT2D eigenvalue weighted by Crippen LogP contribution is -2.38. The lowest BCUT2D eigenvalue weighted by Gasteiger charge is -2.43. The first-order valence-electron chi connectivity index (χ1n) is 12.0. The lowest BCUT2D eigenvalue weighted by atomic mass is 9.80. The molecule has 5 nitrogen and oxygen atoms in total. The number of nitrogens with zero attached hydrogens (tertiary/aromatic N) is 2. The van der Waals surface area contributed by atoms with Gasteiger partial charge in [0.1, 0.15) is 5.75 Å². The fraction of sp³-hybridized carbons (Fsp3) is 0.345. The van der Waals surface area contributed by atoms with E-state index >= 15 is 0 Å².